The fraction of sp³-hybridized carbons (Fsp3) is 0.385. The Bertz CT molecular complexity index is 485. The van der Waals surface area contributed by atoms with Gasteiger partial charge in [-0.25, -0.2) is 0 Å². The predicted octanol–water partition coefficient (Wildman–Crippen LogP) is 1.76. The number of rotatable bonds is 5. The number of nitrogens with zero attached hydrogens (tertiary/aromatic N) is 1. The minimum atomic E-state index is -0.817. The summed E-state index contributed by atoms with van der Waals surface area (Å²) in [5.74, 6) is -0.221. The minimum absolute atomic E-state index is 0.0176. The molecule has 1 aromatic rings. The Hall–Kier alpha value is -1.56. The number of amides is 1. The zero-order valence-electron chi connectivity index (χ0n) is 10.2. The molecular formula is C13H14BrNO4. The van der Waals surface area contributed by atoms with E-state index in [1.165, 1.54) is 0 Å². The largest absolute Gasteiger partial charge is 0.484 e. The first kappa shape index (κ1) is 13.9. The third kappa shape index (κ3) is 3.96. The highest BCUT2D eigenvalue weighted by Gasteiger charge is 2.31. The van der Waals surface area contributed by atoms with Crippen molar-refractivity contribution in [1.82, 2.24) is 4.90 Å². The second-order valence-corrected chi connectivity index (χ2v) is 5.42. The molecule has 1 aliphatic rings. The first-order valence-electron chi connectivity index (χ1n) is 5.92. The van der Waals surface area contributed by atoms with Crippen molar-refractivity contribution in [1.29, 1.82) is 0 Å². The average Bonchev–Trinajstić information content (AvgIpc) is 2.30. The highest BCUT2D eigenvalue weighted by molar-refractivity contribution is 9.10. The minimum Gasteiger partial charge on any atom is -0.484 e. The lowest BCUT2D eigenvalue weighted by Gasteiger charge is -2.38. The Morgan fingerprint density at radius 2 is 2.16 bits per heavy atom. The van der Waals surface area contributed by atoms with Gasteiger partial charge in [-0.05, 0) is 18.2 Å². The molecule has 19 heavy (non-hydrogen) atoms. The molecule has 6 heteroatoms. The number of benzene rings is 1. The van der Waals surface area contributed by atoms with Crippen LogP contribution in [0.4, 0.5) is 0 Å². The maximum absolute atomic E-state index is 11.8. The van der Waals surface area contributed by atoms with Gasteiger partial charge in [-0.2, -0.15) is 0 Å². The van der Waals surface area contributed by atoms with Crippen LogP contribution in [0.2, 0.25) is 0 Å². The van der Waals surface area contributed by atoms with Crippen LogP contribution in [-0.4, -0.2) is 41.6 Å². The van der Waals surface area contributed by atoms with Crippen LogP contribution < -0.4 is 4.74 Å². The van der Waals surface area contributed by atoms with Crippen LogP contribution in [0.3, 0.4) is 0 Å². The van der Waals surface area contributed by atoms with E-state index in [1.54, 1.807) is 17.0 Å². The molecule has 0 unspecified atom stereocenters. The molecule has 5 nitrogen and oxygen atoms in total. The summed E-state index contributed by atoms with van der Waals surface area (Å²) in [6.07, 6.45) is 0.121. The van der Waals surface area contributed by atoms with Crippen molar-refractivity contribution in [3.05, 3.63) is 28.7 Å². The van der Waals surface area contributed by atoms with Crippen molar-refractivity contribution in [2.75, 3.05) is 19.7 Å². The zero-order valence-corrected chi connectivity index (χ0v) is 11.8. The summed E-state index contributed by atoms with van der Waals surface area (Å²) >= 11 is 3.32. The number of hydrogen-bond donors (Lipinski definition) is 1. The van der Waals surface area contributed by atoms with Crippen LogP contribution >= 0.6 is 15.9 Å². The lowest BCUT2D eigenvalue weighted by Crippen LogP contribution is -2.52. The summed E-state index contributed by atoms with van der Waals surface area (Å²) in [7, 11) is 0. The Kier molecular flexibility index (Phi) is 4.42. The van der Waals surface area contributed by atoms with Crippen LogP contribution in [0, 0.1) is 5.92 Å². The molecule has 1 fully saturated rings. The summed E-state index contributed by atoms with van der Waals surface area (Å²) in [5, 5.41) is 8.62. The predicted molar refractivity (Wildman–Crippen MR) is 72.0 cm³/mol. The number of aliphatic carboxylic acids is 1. The third-order valence-corrected chi connectivity index (χ3v) is 3.42. The van der Waals surface area contributed by atoms with E-state index in [0.717, 1.165) is 4.47 Å². The molecule has 0 aliphatic carbocycles. The summed E-state index contributed by atoms with van der Waals surface area (Å²) in [4.78, 5) is 23.9. The third-order valence-electron chi connectivity index (χ3n) is 2.93. The van der Waals surface area contributed by atoms with Crippen molar-refractivity contribution in [3.63, 3.8) is 0 Å². The van der Waals surface area contributed by atoms with Gasteiger partial charge in [0, 0.05) is 23.5 Å². The second-order valence-electron chi connectivity index (χ2n) is 4.51. The quantitative estimate of drug-likeness (QED) is 0.894. The van der Waals surface area contributed by atoms with Crippen molar-refractivity contribution < 1.29 is 19.4 Å². The monoisotopic (exact) mass is 327 g/mol. The highest BCUT2D eigenvalue weighted by atomic mass is 79.9. The molecule has 102 valence electrons. The molecular weight excluding hydrogens is 314 g/mol. The topological polar surface area (TPSA) is 66.8 Å². The fourth-order valence-electron chi connectivity index (χ4n) is 1.94. The molecule has 0 bridgehead atoms. The summed E-state index contributed by atoms with van der Waals surface area (Å²) < 4.78 is 6.28. The van der Waals surface area contributed by atoms with Crippen molar-refractivity contribution in [2.45, 2.75) is 6.42 Å². The SMILES string of the molecule is O=C(O)CC1CN(C(=O)COc2cccc(Br)c2)C1. The molecule has 1 aromatic carbocycles. The lowest BCUT2D eigenvalue weighted by atomic mass is 9.96. The van der Waals surface area contributed by atoms with E-state index in [4.69, 9.17) is 9.84 Å². The van der Waals surface area contributed by atoms with Crippen LogP contribution in [0.25, 0.3) is 0 Å². The van der Waals surface area contributed by atoms with E-state index in [-0.39, 0.29) is 24.9 Å². The van der Waals surface area contributed by atoms with Crippen LogP contribution in [0.5, 0.6) is 5.75 Å². The smallest absolute Gasteiger partial charge is 0.303 e. The van der Waals surface area contributed by atoms with E-state index < -0.39 is 5.97 Å². The van der Waals surface area contributed by atoms with Crippen molar-refractivity contribution in [2.24, 2.45) is 5.92 Å². The summed E-state index contributed by atoms with van der Waals surface area (Å²) in [6, 6.07) is 7.27. The zero-order chi connectivity index (χ0) is 13.8. The van der Waals surface area contributed by atoms with E-state index >= 15 is 0 Å². The number of halogens is 1. The van der Waals surface area contributed by atoms with Crippen LogP contribution in [0.1, 0.15) is 6.42 Å². The Morgan fingerprint density at radius 1 is 1.42 bits per heavy atom. The van der Waals surface area contributed by atoms with Crippen LogP contribution in [0.15, 0.2) is 28.7 Å². The summed E-state index contributed by atoms with van der Waals surface area (Å²) in [5.41, 5.74) is 0. The van der Waals surface area contributed by atoms with E-state index in [2.05, 4.69) is 15.9 Å². The van der Waals surface area contributed by atoms with Crippen LogP contribution in [-0.2, 0) is 9.59 Å². The number of ether oxygens (including phenoxy) is 1. The standard InChI is InChI=1S/C13H14BrNO4/c14-10-2-1-3-11(5-10)19-8-12(16)15-6-9(7-15)4-13(17)18/h1-3,5,9H,4,6-8H2,(H,17,18). The van der Waals surface area contributed by atoms with E-state index in [9.17, 15) is 9.59 Å². The van der Waals surface area contributed by atoms with E-state index in [0.29, 0.717) is 18.8 Å². The lowest BCUT2D eigenvalue weighted by molar-refractivity contribution is -0.146. The van der Waals surface area contributed by atoms with Crippen molar-refractivity contribution >= 4 is 27.8 Å². The molecule has 1 N–H and O–H groups in total. The Balaban J connectivity index is 1.73. The Morgan fingerprint density at radius 3 is 2.79 bits per heavy atom. The molecule has 2 rings (SSSR count). The van der Waals surface area contributed by atoms with Gasteiger partial charge in [0.25, 0.3) is 5.91 Å². The Labute approximate surface area is 119 Å². The molecule has 0 atom stereocenters. The van der Waals surface area contributed by atoms with Crippen molar-refractivity contribution in [3.8, 4) is 5.75 Å². The van der Waals surface area contributed by atoms with Gasteiger partial charge in [-0.3, -0.25) is 9.59 Å². The first-order chi connectivity index (χ1) is 9.04. The number of likely N-dealkylation sites (tertiary alicyclic amines) is 1. The molecule has 1 amide bonds. The first-order valence-corrected chi connectivity index (χ1v) is 6.72. The maximum atomic E-state index is 11.8. The molecule has 0 radical (unpaired) electrons. The van der Waals surface area contributed by atoms with Gasteiger partial charge in [0.2, 0.25) is 0 Å². The fourth-order valence-corrected chi connectivity index (χ4v) is 2.32. The van der Waals surface area contributed by atoms with Gasteiger partial charge in [0.05, 0.1) is 6.42 Å². The molecule has 0 saturated carbocycles. The summed E-state index contributed by atoms with van der Waals surface area (Å²) in [6.45, 7) is 0.996. The van der Waals surface area contributed by atoms with E-state index in [1.807, 2.05) is 12.1 Å². The highest BCUT2D eigenvalue weighted by Crippen LogP contribution is 2.20. The molecule has 1 aliphatic heterocycles. The average molecular weight is 328 g/mol. The normalized spacial score (nSPS) is 14.9. The molecule has 0 spiro atoms. The number of carbonyl (C=O) groups is 2. The molecule has 1 heterocycles. The molecule has 1 saturated heterocycles. The number of carboxylic acid groups (broad SMARTS) is 1. The maximum Gasteiger partial charge on any atom is 0.303 e. The number of hydrogen-bond acceptors (Lipinski definition) is 3. The van der Waals surface area contributed by atoms with Gasteiger partial charge >= 0.3 is 5.97 Å². The van der Waals surface area contributed by atoms with Gasteiger partial charge in [-0.15, -0.1) is 0 Å². The van der Waals surface area contributed by atoms with Gasteiger partial charge in [0.1, 0.15) is 5.75 Å². The molecule has 0 aromatic heterocycles. The number of carbonyl (C=O) groups excluding carboxylic acids is 1. The second kappa shape index (κ2) is 6.06. The number of carboxylic acids is 1. The van der Waals surface area contributed by atoms with Gasteiger partial charge < -0.3 is 14.7 Å². The van der Waals surface area contributed by atoms with Gasteiger partial charge in [-0.1, -0.05) is 22.0 Å². The van der Waals surface area contributed by atoms with Gasteiger partial charge in [0.15, 0.2) is 6.61 Å².